The highest BCUT2D eigenvalue weighted by Crippen LogP contribution is 2.28. The second-order valence-corrected chi connectivity index (χ2v) is 5.19. The van der Waals surface area contributed by atoms with Gasteiger partial charge in [-0.3, -0.25) is 0 Å². The molecule has 1 N–H and O–H groups in total. The van der Waals surface area contributed by atoms with Crippen molar-refractivity contribution in [1.82, 2.24) is 0 Å². The summed E-state index contributed by atoms with van der Waals surface area (Å²) in [6, 6.07) is 20.9. The Morgan fingerprint density at radius 2 is 1.81 bits per heavy atom. The molecule has 2 nitrogen and oxygen atoms in total. The molecule has 0 spiro atoms. The molecule has 0 aliphatic heterocycles. The van der Waals surface area contributed by atoms with Crippen molar-refractivity contribution in [1.29, 1.82) is 0 Å². The number of benzene rings is 3. The van der Waals surface area contributed by atoms with E-state index in [4.69, 9.17) is 4.74 Å². The lowest BCUT2D eigenvalue weighted by Gasteiger charge is -2.14. The van der Waals surface area contributed by atoms with Gasteiger partial charge in [-0.15, -0.1) is 0 Å². The Kier molecular flexibility index (Phi) is 3.78. The van der Waals surface area contributed by atoms with Crippen LogP contribution in [-0.2, 0) is 6.54 Å². The van der Waals surface area contributed by atoms with Gasteiger partial charge in [0.25, 0.3) is 0 Å². The zero-order chi connectivity index (χ0) is 14.7. The van der Waals surface area contributed by atoms with Crippen LogP contribution < -0.4 is 10.1 Å². The first-order chi connectivity index (χ1) is 10.3. The van der Waals surface area contributed by atoms with Crippen molar-refractivity contribution in [2.45, 2.75) is 13.5 Å². The van der Waals surface area contributed by atoms with Crippen LogP contribution in [0.3, 0.4) is 0 Å². The van der Waals surface area contributed by atoms with Crippen LogP contribution >= 0.6 is 0 Å². The summed E-state index contributed by atoms with van der Waals surface area (Å²) < 4.78 is 5.53. The third kappa shape index (κ3) is 2.84. The van der Waals surface area contributed by atoms with Crippen LogP contribution in [-0.4, -0.2) is 7.11 Å². The Balaban J connectivity index is 1.95. The minimum atomic E-state index is 0.744. The van der Waals surface area contributed by atoms with Gasteiger partial charge in [-0.25, -0.2) is 0 Å². The highest BCUT2D eigenvalue weighted by atomic mass is 16.5. The van der Waals surface area contributed by atoms with Gasteiger partial charge in [-0.1, -0.05) is 42.5 Å². The summed E-state index contributed by atoms with van der Waals surface area (Å²) in [6.45, 7) is 2.84. The molecule has 0 saturated heterocycles. The standard InChI is InChI=1S/C19H19NO/c1-14-6-5-8-16(12-14)20-13-18-17-9-4-3-7-15(17)10-11-19(18)21-2/h3-12,20H,13H2,1-2H3. The largest absolute Gasteiger partial charge is 0.496 e. The molecule has 0 atom stereocenters. The molecule has 0 unspecified atom stereocenters. The van der Waals surface area contributed by atoms with E-state index >= 15 is 0 Å². The second-order valence-electron chi connectivity index (χ2n) is 5.19. The monoisotopic (exact) mass is 277 g/mol. The highest BCUT2D eigenvalue weighted by molar-refractivity contribution is 5.88. The molecule has 3 aromatic carbocycles. The number of ether oxygens (including phenoxy) is 1. The smallest absolute Gasteiger partial charge is 0.124 e. The van der Waals surface area contributed by atoms with Gasteiger partial charge in [0.1, 0.15) is 5.75 Å². The number of anilines is 1. The second kappa shape index (κ2) is 5.88. The van der Waals surface area contributed by atoms with Crippen molar-refractivity contribution >= 4 is 16.5 Å². The van der Waals surface area contributed by atoms with Gasteiger partial charge in [0.2, 0.25) is 0 Å². The first-order valence-corrected chi connectivity index (χ1v) is 7.13. The van der Waals surface area contributed by atoms with Crippen molar-refractivity contribution in [3.05, 3.63) is 71.8 Å². The van der Waals surface area contributed by atoms with Crippen LogP contribution in [0.25, 0.3) is 10.8 Å². The summed E-state index contributed by atoms with van der Waals surface area (Å²) in [5, 5.41) is 5.96. The van der Waals surface area contributed by atoms with E-state index in [-0.39, 0.29) is 0 Å². The number of fused-ring (bicyclic) bond motifs is 1. The number of hydrogen-bond donors (Lipinski definition) is 1. The fraction of sp³-hybridized carbons (Fsp3) is 0.158. The lowest BCUT2D eigenvalue weighted by Crippen LogP contribution is -2.02. The maximum Gasteiger partial charge on any atom is 0.124 e. The summed E-state index contributed by atoms with van der Waals surface area (Å²) in [5.41, 5.74) is 3.58. The van der Waals surface area contributed by atoms with Crippen LogP contribution in [0.15, 0.2) is 60.7 Å². The van der Waals surface area contributed by atoms with Gasteiger partial charge < -0.3 is 10.1 Å². The number of methoxy groups -OCH3 is 1. The molecular formula is C19H19NO. The van der Waals surface area contributed by atoms with Crippen LogP contribution in [0.2, 0.25) is 0 Å². The molecule has 21 heavy (non-hydrogen) atoms. The van der Waals surface area contributed by atoms with Crippen molar-refractivity contribution in [2.75, 3.05) is 12.4 Å². The van der Waals surface area contributed by atoms with E-state index < -0.39 is 0 Å². The van der Waals surface area contributed by atoms with E-state index in [0.717, 1.165) is 18.0 Å². The van der Waals surface area contributed by atoms with E-state index in [1.807, 2.05) is 6.07 Å². The van der Waals surface area contributed by atoms with Gasteiger partial charge in [0.15, 0.2) is 0 Å². The summed E-state index contributed by atoms with van der Waals surface area (Å²) in [6.07, 6.45) is 0. The van der Waals surface area contributed by atoms with Gasteiger partial charge in [-0.05, 0) is 41.5 Å². The molecule has 0 aliphatic carbocycles. The first kappa shape index (κ1) is 13.5. The van der Waals surface area contributed by atoms with Gasteiger partial charge in [-0.2, -0.15) is 0 Å². The Hall–Kier alpha value is -2.48. The Morgan fingerprint density at radius 1 is 0.952 bits per heavy atom. The Labute approximate surface area is 125 Å². The summed E-state index contributed by atoms with van der Waals surface area (Å²) in [4.78, 5) is 0. The number of nitrogens with one attached hydrogen (secondary N) is 1. The summed E-state index contributed by atoms with van der Waals surface area (Å²) >= 11 is 0. The van der Waals surface area contributed by atoms with Crippen LogP contribution in [0, 0.1) is 6.92 Å². The Morgan fingerprint density at radius 3 is 2.62 bits per heavy atom. The molecule has 0 fully saturated rings. The molecule has 106 valence electrons. The van der Waals surface area contributed by atoms with E-state index in [1.54, 1.807) is 7.11 Å². The molecule has 3 aromatic rings. The molecule has 0 heterocycles. The van der Waals surface area contributed by atoms with Crippen molar-refractivity contribution in [2.24, 2.45) is 0 Å². The quantitative estimate of drug-likeness (QED) is 0.741. The Bertz CT molecular complexity index is 764. The zero-order valence-electron chi connectivity index (χ0n) is 12.4. The summed E-state index contributed by atoms with van der Waals surface area (Å²) in [5.74, 6) is 0.925. The van der Waals surface area contributed by atoms with Gasteiger partial charge in [0.05, 0.1) is 7.11 Å². The van der Waals surface area contributed by atoms with E-state index in [1.165, 1.54) is 21.9 Å². The SMILES string of the molecule is COc1ccc2ccccc2c1CNc1cccc(C)c1. The van der Waals surface area contributed by atoms with Gasteiger partial charge >= 0.3 is 0 Å². The van der Waals surface area contributed by atoms with Crippen LogP contribution in [0.4, 0.5) is 5.69 Å². The number of aryl methyl sites for hydroxylation is 1. The normalized spacial score (nSPS) is 10.6. The molecule has 0 amide bonds. The topological polar surface area (TPSA) is 21.3 Å². The molecule has 0 saturated carbocycles. The average molecular weight is 277 g/mol. The zero-order valence-corrected chi connectivity index (χ0v) is 12.4. The van der Waals surface area contributed by atoms with Crippen molar-refractivity contribution < 1.29 is 4.74 Å². The van der Waals surface area contributed by atoms with E-state index in [2.05, 4.69) is 66.8 Å². The molecule has 0 aliphatic rings. The maximum absolute atomic E-state index is 5.53. The molecule has 2 heteroatoms. The molecule has 3 rings (SSSR count). The molecular weight excluding hydrogens is 258 g/mol. The minimum absolute atomic E-state index is 0.744. The molecule has 0 bridgehead atoms. The van der Waals surface area contributed by atoms with Crippen molar-refractivity contribution in [3.8, 4) is 5.75 Å². The van der Waals surface area contributed by atoms with Crippen molar-refractivity contribution in [3.63, 3.8) is 0 Å². The third-order valence-electron chi connectivity index (χ3n) is 3.70. The average Bonchev–Trinajstić information content (AvgIpc) is 2.52. The first-order valence-electron chi connectivity index (χ1n) is 7.13. The lowest BCUT2D eigenvalue weighted by atomic mass is 10.0. The maximum atomic E-state index is 5.53. The fourth-order valence-corrected chi connectivity index (χ4v) is 2.64. The predicted octanol–water partition coefficient (Wildman–Crippen LogP) is 4.77. The van der Waals surface area contributed by atoms with Crippen LogP contribution in [0.5, 0.6) is 5.75 Å². The van der Waals surface area contributed by atoms with E-state index in [9.17, 15) is 0 Å². The van der Waals surface area contributed by atoms with Crippen LogP contribution in [0.1, 0.15) is 11.1 Å². The fourth-order valence-electron chi connectivity index (χ4n) is 2.64. The molecule has 0 aromatic heterocycles. The summed E-state index contributed by atoms with van der Waals surface area (Å²) in [7, 11) is 1.72. The highest BCUT2D eigenvalue weighted by Gasteiger charge is 2.07. The van der Waals surface area contributed by atoms with E-state index in [0.29, 0.717) is 0 Å². The number of hydrogen-bond acceptors (Lipinski definition) is 2. The molecule has 0 radical (unpaired) electrons. The number of rotatable bonds is 4. The minimum Gasteiger partial charge on any atom is -0.496 e. The lowest BCUT2D eigenvalue weighted by molar-refractivity contribution is 0.411. The predicted molar refractivity (Wildman–Crippen MR) is 89.0 cm³/mol. The van der Waals surface area contributed by atoms with Gasteiger partial charge in [0, 0.05) is 17.8 Å². The third-order valence-corrected chi connectivity index (χ3v) is 3.70.